The highest BCUT2D eigenvalue weighted by Gasteiger charge is 2.32. The van der Waals surface area contributed by atoms with Gasteiger partial charge in [-0.25, -0.2) is 4.79 Å². The zero-order chi connectivity index (χ0) is 36.4. The molecule has 270 valence electrons. The predicted octanol–water partition coefficient (Wildman–Crippen LogP) is 4.71. The second kappa shape index (κ2) is 17.5. The number of nitrogens with zero attached hydrogens (tertiary/aromatic N) is 3. The van der Waals surface area contributed by atoms with E-state index < -0.39 is 12.1 Å². The number of fused-ring (bicyclic) bond motifs is 1. The van der Waals surface area contributed by atoms with E-state index in [1.807, 2.05) is 6.92 Å². The van der Waals surface area contributed by atoms with Crippen LogP contribution in [0.25, 0.3) is 0 Å². The molecular formula is C36H49N7O7. The highest BCUT2D eigenvalue weighted by atomic mass is 16.5. The quantitative estimate of drug-likeness (QED) is 0.125. The van der Waals surface area contributed by atoms with Crippen LogP contribution in [0.4, 0.5) is 27.5 Å². The number of ether oxygens (including phenoxy) is 1. The molecule has 0 unspecified atom stereocenters. The Hall–Kier alpha value is -5.11. The van der Waals surface area contributed by atoms with Crippen molar-refractivity contribution < 1.29 is 33.5 Å². The van der Waals surface area contributed by atoms with E-state index in [0.717, 1.165) is 0 Å². The molecule has 1 aliphatic heterocycles. The van der Waals surface area contributed by atoms with Crippen molar-refractivity contribution in [3.05, 3.63) is 59.5 Å². The number of carbonyl (C=O) groups excluding carboxylic acids is 4. The van der Waals surface area contributed by atoms with Gasteiger partial charge in [0, 0.05) is 43.6 Å². The fourth-order valence-electron chi connectivity index (χ4n) is 5.74. The molecule has 0 saturated heterocycles. The average molecular weight is 692 g/mol. The van der Waals surface area contributed by atoms with Crippen molar-refractivity contribution in [1.82, 2.24) is 15.0 Å². The number of hydrogen-bond donors (Lipinski definition) is 5. The molecule has 4 rings (SSSR count). The number of aromatic nitrogens is 1. The van der Waals surface area contributed by atoms with Crippen LogP contribution in [0.5, 0.6) is 5.75 Å². The molecule has 3 aromatic rings. The van der Waals surface area contributed by atoms with E-state index >= 15 is 0 Å². The zero-order valence-electron chi connectivity index (χ0n) is 29.5. The minimum atomic E-state index is -0.513. The van der Waals surface area contributed by atoms with Crippen LogP contribution in [-0.2, 0) is 20.8 Å². The summed E-state index contributed by atoms with van der Waals surface area (Å²) in [5, 5.41) is 22.4. The summed E-state index contributed by atoms with van der Waals surface area (Å²) in [7, 11) is 1.66. The summed E-state index contributed by atoms with van der Waals surface area (Å²) in [6, 6.07) is 11.5. The Morgan fingerprint density at radius 3 is 2.42 bits per heavy atom. The molecule has 14 nitrogen and oxygen atoms in total. The van der Waals surface area contributed by atoms with Crippen molar-refractivity contribution in [2.24, 2.45) is 5.92 Å². The van der Waals surface area contributed by atoms with Gasteiger partial charge in [-0.2, -0.15) is 0 Å². The lowest BCUT2D eigenvalue weighted by atomic mass is 10.0. The van der Waals surface area contributed by atoms with E-state index in [1.54, 1.807) is 75.2 Å². The van der Waals surface area contributed by atoms with E-state index in [1.165, 1.54) is 4.90 Å². The maximum atomic E-state index is 13.6. The van der Waals surface area contributed by atoms with E-state index in [0.29, 0.717) is 77.7 Å². The second-order valence-electron chi connectivity index (χ2n) is 13.0. The highest BCUT2D eigenvalue weighted by molar-refractivity contribution is 5.94. The molecule has 6 N–H and O–H groups in total. The molecule has 2 aromatic carbocycles. The van der Waals surface area contributed by atoms with Gasteiger partial charge < -0.3 is 45.9 Å². The third-order valence-electron chi connectivity index (χ3n) is 8.81. The Morgan fingerprint density at radius 2 is 1.76 bits per heavy atom. The number of nitrogens with two attached hydrogens (primary N) is 1. The van der Waals surface area contributed by atoms with Crippen LogP contribution in [0.3, 0.4) is 0 Å². The van der Waals surface area contributed by atoms with Crippen LogP contribution < -0.4 is 26.4 Å². The Labute approximate surface area is 292 Å². The third-order valence-corrected chi connectivity index (χ3v) is 8.81. The standard InChI is InChI=1S/C36H49N7O7/c1-22-19-43(23(2)21-44)34(47)18-26-17-27(38-32(45)13-7-6-8-14-33(46)39-29-12-10-9-11-28(29)37)15-16-30(26)49-31(22)20-42(5)36(48)40-35-24(3)41-50-25(35)4/h9-12,15-17,22-23,31,44H,6-8,13-14,18-21,37H2,1-5H3,(H,38,45)(H,39,46)(H,40,48)/t22-,23-,31+/m0/s1. The number of nitrogens with one attached hydrogen (secondary N) is 3. The van der Waals surface area contributed by atoms with Crippen LogP contribution in [0.2, 0.25) is 0 Å². The summed E-state index contributed by atoms with van der Waals surface area (Å²) in [6.45, 7) is 7.49. The van der Waals surface area contributed by atoms with E-state index in [-0.39, 0.29) is 55.7 Å². The summed E-state index contributed by atoms with van der Waals surface area (Å²) in [5.74, 6) is 0.258. The first-order chi connectivity index (χ1) is 23.9. The molecule has 0 fully saturated rings. The van der Waals surface area contributed by atoms with Crippen molar-refractivity contribution in [2.75, 3.05) is 48.4 Å². The van der Waals surface area contributed by atoms with Crippen LogP contribution >= 0.6 is 0 Å². The van der Waals surface area contributed by atoms with Gasteiger partial charge in [-0.3, -0.25) is 14.4 Å². The maximum absolute atomic E-state index is 13.6. The molecule has 0 saturated carbocycles. The second-order valence-corrected chi connectivity index (χ2v) is 13.0. The fourth-order valence-corrected chi connectivity index (χ4v) is 5.74. The van der Waals surface area contributed by atoms with Gasteiger partial charge in [-0.1, -0.05) is 30.6 Å². The van der Waals surface area contributed by atoms with E-state index in [2.05, 4.69) is 21.1 Å². The molecule has 1 aliphatic rings. The van der Waals surface area contributed by atoms with Crippen LogP contribution in [0.1, 0.15) is 63.0 Å². The summed E-state index contributed by atoms with van der Waals surface area (Å²) in [5.41, 5.74) is 9.15. The number of urea groups is 1. The first-order valence-corrected chi connectivity index (χ1v) is 16.9. The van der Waals surface area contributed by atoms with Gasteiger partial charge in [0.1, 0.15) is 23.2 Å². The Morgan fingerprint density at radius 1 is 1.06 bits per heavy atom. The van der Waals surface area contributed by atoms with Crippen molar-refractivity contribution >= 4 is 46.5 Å². The molecule has 0 spiro atoms. The van der Waals surface area contributed by atoms with Gasteiger partial charge >= 0.3 is 6.03 Å². The number of aliphatic hydroxyl groups excluding tert-OH is 1. The number of unbranched alkanes of at least 4 members (excludes halogenated alkanes) is 2. The predicted molar refractivity (Wildman–Crippen MR) is 191 cm³/mol. The van der Waals surface area contributed by atoms with Gasteiger partial charge in [-0.15, -0.1) is 0 Å². The molecule has 50 heavy (non-hydrogen) atoms. The number of hydrogen-bond acceptors (Lipinski definition) is 9. The minimum absolute atomic E-state index is 0.00187. The van der Waals surface area contributed by atoms with Crippen molar-refractivity contribution in [2.45, 2.75) is 78.4 Å². The highest BCUT2D eigenvalue weighted by Crippen LogP contribution is 2.30. The molecule has 5 amide bonds. The lowest BCUT2D eigenvalue weighted by Crippen LogP contribution is -2.48. The summed E-state index contributed by atoms with van der Waals surface area (Å²) in [4.78, 5) is 54.9. The van der Waals surface area contributed by atoms with Gasteiger partial charge in [-0.05, 0) is 63.9 Å². The SMILES string of the molecule is Cc1noc(C)c1NC(=O)N(C)C[C@H]1Oc2ccc(NC(=O)CCCCCC(=O)Nc3ccccc3N)cc2CC(=O)N([C@@H](C)CO)C[C@@H]1C. The number of aryl methyl sites for hydroxylation is 2. The fraction of sp³-hybridized carbons (Fsp3) is 0.472. The van der Waals surface area contributed by atoms with Crippen molar-refractivity contribution in [1.29, 1.82) is 0 Å². The Balaban J connectivity index is 1.38. The number of rotatable bonds is 13. The molecule has 0 bridgehead atoms. The summed E-state index contributed by atoms with van der Waals surface area (Å²) < 4.78 is 11.7. The van der Waals surface area contributed by atoms with Crippen molar-refractivity contribution in [3.8, 4) is 5.75 Å². The first-order valence-electron chi connectivity index (χ1n) is 16.9. The molecule has 2 heterocycles. The molecule has 14 heteroatoms. The number of likely N-dealkylation sites (N-methyl/N-ethyl adjacent to an activating group) is 1. The van der Waals surface area contributed by atoms with Gasteiger partial charge in [0.15, 0.2) is 5.76 Å². The van der Waals surface area contributed by atoms with Gasteiger partial charge in [0.25, 0.3) is 0 Å². The smallest absolute Gasteiger partial charge is 0.321 e. The largest absolute Gasteiger partial charge is 0.488 e. The average Bonchev–Trinajstić information content (AvgIpc) is 3.41. The van der Waals surface area contributed by atoms with Crippen LogP contribution in [0, 0.1) is 19.8 Å². The number of amides is 5. The minimum Gasteiger partial charge on any atom is -0.488 e. The zero-order valence-corrected chi connectivity index (χ0v) is 29.5. The van der Waals surface area contributed by atoms with Crippen molar-refractivity contribution in [3.63, 3.8) is 0 Å². The van der Waals surface area contributed by atoms with E-state index in [4.69, 9.17) is 15.0 Å². The lowest BCUT2D eigenvalue weighted by Gasteiger charge is -2.34. The maximum Gasteiger partial charge on any atom is 0.321 e. The number of aliphatic hydroxyl groups is 1. The van der Waals surface area contributed by atoms with Crippen LogP contribution in [0.15, 0.2) is 47.0 Å². The number of nitrogen functional groups attached to an aromatic ring is 1. The van der Waals surface area contributed by atoms with Gasteiger partial charge in [0.2, 0.25) is 17.7 Å². The van der Waals surface area contributed by atoms with E-state index in [9.17, 15) is 24.3 Å². The number of anilines is 4. The number of benzene rings is 2. The molecule has 0 radical (unpaired) electrons. The molecule has 0 aliphatic carbocycles. The summed E-state index contributed by atoms with van der Waals surface area (Å²) in [6.07, 6.45) is 2.00. The third kappa shape index (κ3) is 10.2. The summed E-state index contributed by atoms with van der Waals surface area (Å²) >= 11 is 0. The molecular weight excluding hydrogens is 642 g/mol. The number of carbonyl (C=O) groups is 4. The Bertz CT molecular complexity index is 1640. The lowest BCUT2D eigenvalue weighted by molar-refractivity contribution is -0.134. The number of para-hydroxylation sites is 2. The first kappa shape index (κ1) is 37.7. The Kier molecular flexibility index (Phi) is 13.2. The topological polar surface area (TPSA) is 192 Å². The molecule has 3 atom stereocenters. The molecule has 1 aromatic heterocycles. The van der Waals surface area contributed by atoms with Crippen LogP contribution in [-0.4, -0.2) is 82.7 Å². The normalized spacial score (nSPS) is 16.6. The monoisotopic (exact) mass is 691 g/mol. The van der Waals surface area contributed by atoms with Gasteiger partial charge in [0.05, 0.1) is 37.0 Å².